The molecule has 0 aliphatic heterocycles. The van der Waals surface area contributed by atoms with E-state index in [0.29, 0.717) is 6.42 Å². The summed E-state index contributed by atoms with van der Waals surface area (Å²) in [6, 6.07) is 0. The first-order valence-corrected chi connectivity index (χ1v) is 14.2. The van der Waals surface area contributed by atoms with E-state index in [-0.39, 0.29) is 12.8 Å². The highest BCUT2D eigenvalue weighted by Gasteiger charge is 2.67. The average Bonchev–Trinajstić information content (AvgIpc) is 2.83. The summed E-state index contributed by atoms with van der Waals surface area (Å²) in [5.41, 5.74) is -4.38. The molecule has 0 aliphatic rings. The second-order valence-corrected chi connectivity index (χ2v) is 10.8. The Hall–Kier alpha value is -1.67. The van der Waals surface area contributed by atoms with Crippen LogP contribution in [-0.2, 0) is 14.4 Å². The molecule has 0 aromatic carbocycles. The third-order valence-electron chi connectivity index (χ3n) is 8.39. The van der Waals surface area contributed by atoms with Gasteiger partial charge in [-0.2, -0.15) is 0 Å². The lowest BCUT2D eigenvalue weighted by Crippen LogP contribution is -2.80. The van der Waals surface area contributed by atoms with Gasteiger partial charge in [-0.15, -0.1) is 0 Å². The Morgan fingerprint density at radius 1 is 0.694 bits per heavy atom. The Balaban J connectivity index is 4.50. The minimum Gasteiger partial charge on any atom is -0.544 e. The lowest BCUT2D eigenvalue weighted by Gasteiger charge is -2.55. The summed E-state index contributed by atoms with van der Waals surface area (Å²) in [7, 11) is 1.19. The minimum atomic E-state index is -2.50. The standard InChI is InChI=1S/C28H53NO7/c1-5-7-8-9-10-11-12-13-14-15-16-17-18-19-20-21-22-27(3,24(31)32)29(4,23-30)28(6-2,25(33)34)26(35)36/h30H,5-23H2,1-4H3,(H2-,31,32,33,34,35,36). The van der Waals surface area contributed by atoms with E-state index in [2.05, 4.69) is 6.92 Å². The van der Waals surface area contributed by atoms with Crippen LogP contribution in [0.4, 0.5) is 0 Å². The molecular weight excluding hydrogens is 462 g/mol. The third-order valence-corrected chi connectivity index (χ3v) is 8.39. The van der Waals surface area contributed by atoms with Crippen molar-refractivity contribution in [1.82, 2.24) is 0 Å². The summed E-state index contributed by atoms with van der Waals surface area (Å²) in [5.74, 6) is -4.90. The van der Waals surface area contributed by atoms with E-state index in [4.69, 9.17) is 0 Å². The molecule has 0 bridgehead atoms. The molecule has 3 N–H and O–H groups in total. The van der Waals surface area contributed by atoms with Crippen LogP contribution in [0.15, 0.2) is 0 Å². The molecular formula is C28H53NO7. The van der Waals surface area contributed by atoms with Crippen molar-refractivity contribution in [3.8, 4) is 0 Å². The van der Waals surface area contributed by atoms with Crippen LogP contribution in [0, 0.1) is 0 Å². The van der Waals surface area contributed by atoms with Crippen LogP contribution >= 0.6 is 0 Å². The van der Waals surface area contributed by atoms with Crippen molar-refractivity contribution < 1.29 is 39.3 Å². The summed E-state index contributed by atoms with van der Waals surface area (Å²) in [6.45, 7) is 3.96. The molecule has 0 rings (SSSR count). The van der Waals surface area contributed by atoms with Crippen molar-refractivity contribution in [2.24, 2.45) is 0 Å². The largest absolute Gasteiger partial charge is 0.544 e. The molecule has 0 radical (unpaired) electrons. The summed E-state index contributed by atoms with van der Waals surface area (Å²) in [5, 5.41) is 41.9. The highest BCUT2D eigenvalue weighted by Crippen LogP contribution is 2.39. The van der Waals surface area contributed by atoms with E-state index >= 15 is 0 Å². The van der Waals surface area contributed by atoms with Gasteiger partial charge in [0.15, 0.2) is 6.73 Å². The van der Waals surface area contributed by atoms with Crippen molar-refractivity contribution in [2.75, 3.05) is 13.8 Å². The SMILES string of the molecule is CCCCCCCCCCCCCCCCCCC(C)(C(=O)[O-])[N+](C)(CO)C(CC)(C(=O)O)C(=O)O. The topological polar surface area (TPSA) is 135 Å². The number of aliphatic hydroxyl groups excluding tert-OH is 1. The molecule has 0 aliphatic carbocycles. The summed E-state index contributed by atoms with van der Waals surface area (Å²) in [6.07, 6.45) is 18.4. The van der Waals surface area contributed by atoms with E-state index in [1.807, 2.05) is 0 Å². The molecule has 212 valence electrons. The molecule has 8 heteroatoms. The molecule has 2 unspecified atom stereocenters. The number of aliphatic carboxylic acids is 3. The predicted molar refractivity (Wildman–Crippen MR) is 139 cm³/mol. The van der Waals surface area contributed by atoms with Crippen molar-refractivity contribution in [2.45, 2.75) is 147 Å². The van der Waals surface area contributed by atoms with Crippen LogP contribution in [0.1, 0.15) is 136 Å². The van der Waals surface area contributed by atoms with Crippen LogP contribution in [0.25, 0.3) is 0 Å². The van der Waals surface area contributed by atoms with Crippen LogP contribution in [-0.4, -0.2) is 62.6 Å². The lowest BCUT2D eigenvalue weighted by atomic mass is 9.81. The number of likely N-dealkylation sites (N-methyl/N-ethyl adjacent to an activating group) is 1. The normalized spacial score (nSPS) is 15.2. The van der Waals surface area contributed by atoms with Gasteiger partial charge < -0.3 is 25.2 Å². The average molecular weight is 516 g/mol. The first kappa shape index (κ1) is 34.3. The first-order valence-electron chi connectivity index (χ1n) is 14.2. The Morgan fingerprint density at radius 3 is 1.28 bits per heavy atom. The second-order valence-electron chi connectivity index (χ2n) is 10.8. The number of carbonyl (C=O) groups excluding carboxylic acids is 1. The van der Waals surface area contributed by atoms with Crippen molar-refractivity contribution in [3.05, 3.63) is 0 Å². The summed E-state index contributed by atoms with van der Waals surface area (Å²) >= 11 is 0. The molecule has 0 saturated heterocycles. The maximum Gasteiger partial charge on any atom is 0.378 e. The first-order chi connectivity index (χ1) is 17.0. The van der Waals surface area contributed by atoms with E-state index < -0.39 is 40.2 Å². The zero-order valence-corrected chi connectivity index (χ0v) is 23.4. The van der Waals surface area contributed by atoms with Crippen LogP contribution < -0.4 is 5.11 Å². The second kappa shape index (κ2) is 17.7. The van der Waals surface area contributed by atoms with E-state index in [1.54, 1.807) is 0 Å². The van der Waals surface area contributed by atoms with Gasteiger partial charge in [0, 0.05) is 12.8 Å². The molecule has 0 spiro atoms. The number of quaternary nitrogens is 1. The van der Waals surface area contributed by atoms with Crippen molar-refractivity contribution in [3.63, 3.8) is 0 Å². The van der Waals surface area contributed by atoms with Gasteiger partial charge >= 0.3 is 11.9 Å². The number of hydrogen-bond donors (Lipinski definition) is 3. The Labute approximate surface area is 218 Å². The lowest BCUT2D eigenvalue weighted by molar-refractivity contribution is -0.994. The monoisotopic (exact) mass is 515 g/mol. The zero-order valence-electron chi connectivity index (χ0n) is 23.4. The maximum atomic E-state index is 12.2. The van der Waals surface area contributed by atoms with Crippen molar-refractivity contribution in [1.29, 1.82) is 0 Å². The Morgan fingerprint density at radius 2 is 1.03 bits per heavy atom. The number of unbranched alkanes of at least 4 members (excludes halogenated alkanes) is 15. The molecule has 0 amide bonds. The van der Waals surface area contributed by atoms with E-state index in [1.165, 1.54) is 91.5 Å². The van der Waals surface area contributed by atoms with Gasteiger partial charge in [0.2, 0.25) is 0 Å². The number of rotatable bonds is 24. The van der Waals surface area contributed by atoms with Gasteiger partial charge in [-0.05, 0) is 13.3 Å². The smallest absolute Gasteiger partial charge is 0.378 e. The van der Waals surface area contributed by atoms with Gasteiger partial charge in [0.05, 0.1) is 7.05 Å². The molecule has 0 aromatic heterocycles. The maximum absolute atomic E-state index is 12.2. The number of aliphatic hydroxyl groups is 1. The molecule has 2 atom stereocenters. The molecule has 8 nitrogen and oxygen atoms in total. The molecule has 36 heavy (non-hydrogen) atoms. The highest BCUT2D eigenvalue weighted by molar-refractivity contribution is 6.02. The summed E-state index contributed by atoms with van der Waals surface area (Å²) < 4.78 is -1.08. The molecule has 0 heterocycles. The fourth-order valence-corrected chi connectivity index (χ4v) is 5.43. The zero-order chi connectivity index (χ0) is 27.7. The van der Waals surface area contributed by atoms with Gasteiger partial charge in [-0.25, -0.2) is 9.59 Å². The summed E-state index contributed by atoms with van der Waals surface area (Å²) in [4.78, 5) is 36.3. The predicted octanol–water partition coefficient (Wildman–Crippen LogP) is 4.86. The highest BCUT2D eigenvalue weighted by atomic mass is 16.4. The van der Waals surface area contributed by atoms with Crippen molar-refractivity contribution >= 4 is 17.9 Å². The number of nitrogens with zero attached hydrogens (tertiary/aromatic N) is 1. The minimum absolute atomic E-state index is 0.0210. The Bertz CT molecular complexity index is 640. The number of carboxylic acid groups (broad SMARTS) is 3. The molecule has 0 aromatic rings. The molecule has 0 saturated carbocycles. The van der Waals surface area contributed by atoms with E-state index in [0.717, 1.165) is 25.7 Å². The third kappa shape index (κ3) is 9.02. The van der Waals surface area contributed by atoms with Crippen LogP contribution in [0.5, 0.6) is 0 Å². The Kier molecular flexibility index (Phi) is 16.9. The molecule has 0 fully saturated rings. The fraction of sp³-hybridized carbons (Fsp3) is 0.893. The van der Waals surface area contributed by atoms with Crippen LogP contribution in [0.3, 0.4) is 0 Å². The van der Waals surface area contributed by atoms with Crippen LogP contribution in [0.2, 0.25) is 0 Å². The number of hydrogen-bond acceptors (Lipinski definition) is 5. The fourth-order valence-electron chi connectivity index (χ4n) is 5.43. The van der Waals surface area contributed by atoms with Gasteiger partial charge in [0.25, 0.3) is 5.54 Å². The van der Waals surface area contributed by atoms with E-state index in [9.17, 15) is 34.8 Å². The number of carbonyl (C=O) groups is 3. The van der Waals surface area contributed by atoms with Gasteiger partial charge in [0.1, 0.15) is 11.5 Å². The van der Waals surface area contributed by atoms with Gasteiger partial charge in [-0.3, -0.25) is 4.48 Å². The number of carboxylic acids is 3. The quantitative estimate of drug-likeness (QED) is 0.0723. The van der Waals surface area contributed by atoms with Gasteiger partial charge in [-0.1, -0.05) is 110 Å².